The topological polar surface area (TPSA) is 63.5 Å². The molecule has 2 N–H and O–H groups in total. The molecule has 0 aliphatic carbocycles. The third kappa shape index (κ3) is 5.31. The van der Waals surface area contributed by atoms with Gasteiger partial charge in [0.05, 0.1) is 18.8 Å². The second-order valence-electron chi connectivity index (χ2n) is 4.63. The van der Waals surface area contributed by atoms with Crippen molar-refractivity contribution in [2.75, 3.05) is 13.2 Å². The van der Waals surface area contributed by atoms with Crippen LogP contribution in [0.1, 0.15) is 12.7 Å². The average molecular weight is 288 g/mol. The molecule has 1 heterocycles. The van der Waals surface area contributed by atoms with Crippen molar-refractivity contribution < 1.29 is 13.9 Å². The maximum Gasteiger partial charge on any atom is 0.237 e. The summed E-state index contributed by atoms with van der Waals surface area (Å²) in [5.74, 6) is 1.50. The van der Waals surface area contributed by atoms with E-state index in [1.54, 1.807) is 12.3 Å². The van der Waals surface area contributed by atoms with Gasteiger partial charge in [-0.15, -0.1) is 0 Å². The van der Waals surface area contributed by atoms with E-state index < -0.39 is 0 Å². The van der Waals surface area contributed by atoms with E-state index in [9.17, 15) is 4.79 Å². The van der Waals surface area contributed by atoms with E-state index in [1.165, 1.54) is 0 Å². The first kappa shape index (κ1) is 15.1. The van der Waals surface area contributed by atoms with E-state index >= 15 is 0 Å². The van der Waals surface area contributed by atoms with Crippen molar-refractivity contribution in [3.05, 3.63) is 54.5 Å². The van der Waals surface area contributed by atoms with Crippen LogP contribution in [-0.4, -0.2) is 25.1 Å². The minimum Gasteiger partial charge on any atom is -0.492 e. The van der Waals surface area contributed by atoms with E-state index in [1.807, 2.05) is 43.3 Å². The molecule has 1 amide bonds. The van der Waals surface area contributed by atoms with Gasteiger partial charge in [-0.3, -0.25) is 4.79 Å². The average Bonchev–Trinajstić information content (AvgIpc) is 3.03. The molecule has 21 heavy (non-hydrogen) atoms. The smallest absolute Gasteiger partial charge is 0.237 e. The van der Waals surface area contributed by atoms with Crippen LogP contribution in [0.2, 0.25) is 0 Å². The van der Waals surface area contributed by atoms with Gasteiger partial charge in [0.25, 0.3) is 0 Å². The number of amides is 1. The van der Waals surface area contributed by atoms with Crippen LogP contribution >= 0.6 is 0 Å². The molecule has 5 nitrogen and oxygen atoms in total. The number of ether oxygens (including phenoxy) is 1. The molecular weight excluding hydrogens is 268 g/mol. The van der Waals surface area contributed by atoms with Gasteiger partial charge in [-0.2, -0.15) is 0 Å². The van der Waals surface area contributed by atoms with Gasteiger partial charge < -0.3 is 19.8 Å². The van der Waals surface area contributed by atoms with Gasteiger partial charge in [0.1, 0.15) is 18.1 Å². The fourth-order valence-electron chi connectivity index (χ4n) is 1.79. The van der Waals surface area contributed by atoms with Crippen LogP contribution in [0.3, 0.4) is 0 Å². The first-order valence-corrected chi connectivity index (χ1v) is 6.97. The molecule has 1 atom stereocenters. The highest BCUT2D eigenvalue weighted by molar-refractivity contribution is 5.81. The molecule has 0 bridgehead atoms. The SMILES string of the molecule is CC(NCCOc1ccccc1)C(=O)NCc1ccco1. The molecule has 0 aliphatic rings. The molecule has 0 saturated heterocycles. The fourth-order valence-corrected chi connectivity index (χ4v) is 1.79. The van der Waals surface area contributed by atoms with Gasteiger partial charge in [0, 0.05) is 6.54 Å². The zero-order chi connectivity index (χ0) is 14.9. The number of benzene rings is 1. The summed E-state index contributed by atoms with van der Waals surface area (Å²) in [5.41, 5.74) is 0. The molecule has 0 saturated carbocycles. The van der Waals surface area contributed by atoms with Crippen molar-refractivity contribution >= 4 is 5.91 Å². The Hall–Kier alpha value is -2.27. The Morgan fingerprint density at radius 2 is 2.05 bits per heavy atom. The van der Waals surface area contributed by atoms with Crippen LogP contribution in [-0.2, 0) is 11.3 Å². The Balaban J connectivity index is 1.60. The molecule has 0 spiro atoms. The highest BCUT2D eigenvalue weighted by atomic mass is 16.5. The molecule has 0 radical (unpaired) electrons. The number of para-hydroxylation sites is 1. The number of hydrogen-bond acceptors (Lipinski definition) is 4. The zero-order valence-electron chi connectivity index (χ0n) is 12.0. The van der Waals surface area contributed by atoms with E-state index in [-0.39, 0.29) is 11.9 Å². The molecule has 1 aromatic heterocycles. The van der Waals surface area contributed by atoms with E-state index in [0.717, 1.165) is 11.5 Å². The Morgan fingerprint density at radius 3 is 2.76 bits per heavy atom. The van der Waals surface area contributed by atoms with Crippen molar-refractivity contribution in [3.63, 3.8) is 0 Å². The molecule has 0 fully saturated rings. The Kier molecular flexibility index (Phi) is 5.84. The predicted molar refractivity (Wildman–Crippen MR) is 80.0 cm³/mol. The van der Waals surface area contributed by atoms with E-state index in [2.05, 4.69) is 10.6 Å². The third-order valence-corrected chi connectivity index (χ3v) is 2.97. The van der Waals surface area contributed by atoms with E-state index in [0.29, 0.717) is 19.7 Å². The van der Waals surface area contributed by atoms with Crippen molar-refractivity contribution in [1.82, 2.24) is 10.6 Å². The number of carbonyl (C=O) groups excluding carboxylic acids is 1. The summed E-state index contributed by atoms with van der Waals surface area (Å²) in [6, 6.07) is 12.9. The van der Waals surface area contributed by atoms with Gasteiger partial charge in [-0.25, -0.2) is 0 Å². The summed E-state index contributed by atoms with van der Waals surface area (Å²) in [6.45, 7) is 3.34. The minimum atomic E-state index is -0.278. The number of carbonyl (C=O) groups is 1. The maximum absolute atomic E-state index is 11.8. The second kappa shape index (κ2) is 8.11. The van der Waals surface area contributed by atoms with Gasteiger partial charge >= 0.3 is 0 Å². The molecule has 112 valence electrons. The molecule has 1 aromatic carbocycles. The number of rotatable bonds is 8. The molecule has 5 heteroatoms. The molecule has 0 aliphatic heterocycles. The lowest BCUT2D eigenvalue weighted by Gasteiger charge is -2.14. The van der Waals surface area contributed by atoms with Crippen molar-refractivity contribution in [1.29, 1.82) is 0 Å². The fraction of sp³-hybridized carbons (Fsp3) is 0.312. The van der Waals surface area contributed by atoms with Gasteiger partial charge in [-0.05, 0) is 31.2 Å². The number of hydrogen-bond donors (Lipinski definition) is 2. The molecular formula is C16H20N2O3. The number of nitrogens with one attached hydrogen (secondary N) is 2. The Bertz CT molecular complexity index is 526. The Labute approximate surface area is 124 Å². The first-order valence-electron chi connectivity index (χ1n) is 6.97. The molecule has 2 rings (SSSR count). The first-order chi connectivity index (χ1) is 10.3. The van der Waals surface area contributed by atoms with Gasteiger partial charge in [0.15, 0.2) is 0 Å². The maximum atomic E-state index is 11.8. The van der Waals surface area contributed by atoms with E-state index in [4.69, 9.17) is 9.15 Å². The van der Waals surface area contributed by atoms with Crippen LogP contribution in [0.5, 0.6) is 5.75 Å². The Morgan fingerprint density at radius 1 is 1.24 bits per heavy atom. The second-order valence-corrected chi connectivity index (χ2v) is 4.63. The summed E-state index contributed by atoms with van der Waals surface area (Å²) in [6.07, 6.45) is 1.59. The quantitative estimate of drug-likeness (QED) is 0.729. The highest BCUT2D eigenvalue weighted by Crippen LogP contribution is 2.07. The van der Waals surface area contributed by atoms with Crippen LogP contribution < -0.4 is 15.4 Å². The van der Waals surface area contributed by atoms with Crippen LogP contribution in [0, 0.1) is 0 Å². The minimum absolute atomic E-state index is 0.0638. The standard InChI is InChI=1S/C16H20N2O3/c1-13(16(19)18-12-15-8-5-10-20-15)17-9-11-21-14-6-3-2-4-7-14/h2-8,10,13,17H,9,11-12H2,1H3,(H,18,19). The lowest BCUT2D eigenvalue weighted by molar-refractivity contribution is -0.123. The van der Waals surface area contributed by atoms with Crippen LogP contribution in [0.15, 0.2) is 53.1 Å². The zero-order valence-corrected chi connectivity index (χ0v) is 12.0. The van der Waals surface area contributed by atoms with Crippen molar-refractivity contribution in [2.24, 2.45) is 0 Å². The van der Waals surface area contributed by atoms with Crippen molar-refractivity contribution in [2.45, 2.75) is 19.5 Å². The summed E-state index contributed by atoms with van der Waals surface area (Å²) < 4.78 is 10.7. The molecule has 1 unspecified atom stereocenters. The van der Waals surface area contributed by atoms with Gasteiger partial charge in [-0.1, -0.05) is 18.2 Å². The van der Waals surface area contributed by atoms with Crippen LogP contribution in [0.25, 0.3) is 0 Å². The summed E-state index contributed by atoms with van der Waals surface area (Å²) in [4.78, 5) is 11.8. The third-order valence-electron chi connectivity index (χ3n) is 2.97. The lowest BCUT2D eigenvalue weighted by Crippen LogP contribution is -2.43. The monoisotopic (exact) mass is 288 g/mol. The normalized spacial score (nSPS) is 11.9. The number of furan rings is 1. The van der Waals surface area contributed by atoms with Crippen molar-refractivity contribution in [3.8, 4) is 5.75 Å². The highest BCUT2D eigenvalue weighted by Gasteiger charge is 2.11. The van der Waals surface area contributed by atoms with Crippen LogP contribution in [0.4, 0.5) is 0 Å². The molecule has 2 aromatic rings. The summed E-state index contributed by atoms with van der Waals surface area (Å²) in [7, 11) is 0. The lowest BCUT2D eigenvalue weighted by atomic mass is 10.3. The van der Waals surface area contributed by atoms with Gasteiger partial charge in [0.2, 0.25) is 5.91 Å². The largest absolute Gasteiger partial charge is 0.492 e. The summed E-state index contributed by atoms with van der Waals surface area (Å²) in [5, 5.41) is 5.92. The summed E-state index contributed by atoms with van der Waals surface area (Å²) >= 11 is 0. The predicted octanol–water partition coefficient (Wildman–Crippen LogP) is 1.95.